The van der Waals surface area contributed by atoms with E-state index in [1.165, 1.54) is 10.3 Å². The van der Waals surface area contributed by atoms with Crippen LogP contribution in [0.15, 0.2) is 54.0 Å². The highest BCUT2D eigenvalue weighted by Gasteiger charge is 1.97. The van der Waals surface area contributed by atoms with E-state index >= 15 is 0 Å². The molecule has 3 rings (SSSR count). The number of benzene rings is 1. The first-order valence-electron chi connectivity index (χ1n) is 5.53. The van der Waals surface area contributed by atoms with Crippen LogP contribution in [0.5, 0.6) is 0 Å². The van der Waals surface area contributed by atoms with Crippen molar-refractivity contribution < 1.29 is 0 Å². The second-order valence-electron chi connectivity index (χ2n) is 3.85. The highest BCUT2D eigenvalue weighted by Crippen LogP contribution is 2.17. The molecule has 0 spiro atoms. The average molecular weight is 240 g/mol. The fraction of sp³-hybridized carbons (Fsp3) is 0.0714. The molecule has 0 atom stereocenters. The molecule has 2 heterocycles. The Morgan fingerprint density at radius 3 is 2.94 bits per heavy atom. The second-order valence-corrected chi connectivity index (χ2v) is 4.88. The van der Waals surface area contributed by atoms with E-state index in [4.69, 9.17) is 0 Å². The first-order valence-corrected chi connectivity index (χ1v) is 6.41. The maximum Gasteiger partial charge on any atom is 0.0703 e. The highest BCUT2D eigenvalue weighted by atomic mass is 32.1. The summed E-state index contributed by atoms with van der Waals surface area (Å²) < 4.78 is 0. The van der Waals surface area contributed by atoms with Crippen LogP contribution in [-0.4, -0.2) is 4.98 Å². The van der Waals surface area contributed by atoms with E-state index in [0.29, 0.717) is 0 Å². The summed E-state index contributed by atoms with van der Waals surface area (Å²) >= 11 is 1.76. The van der Waals surface area contributed by atoms with Crippen LogP contribution in [-0.2, 0) is 6.54 Å². The van der Waals surface area contributed by atoms with Crippen LogP contribution in [0, 0.1) is 0 Å². The molecule has 2 nitrogen and oxygen atoms in total. The molecule has 0 aliphatic carbocycles. The highest BCUT2D eigenvalue weighted by molar-refractivity contribution is 7.09. The van der Waals surface area contributed by atoms with Gasteiger partial charge in [-0.15, -0.1) is 11.3 Å². The Morgan fingerprint density at radius 1 is 1.12 bits per heavy atom. The quantitative estimate of drug-likeness (QED) is 0.750. The monoisotopic (exact) mass is 240 g/mol. The molecule has 0 aliphatic rings. The molecule has 1 N–H and O–H groups in total. The van der Waals surface area contributed by atoms with E-state index in [1.807, 2.05) is 24.4 Å². The summed E-state index contributed by atoms with van der Waals surface area (Å²) in [4.78, 5) is 5.75. The number of nitrogens with one attached hydrogen (secondary N) is 1. The third kappa shape index (κ3) is 2.29. The number of aromatic nitrogens is 1. The Bertz CT molecular complexity index is 617. The van der Waals surface area contributed by atoms with Crippen LogP contribution in [0.4, 0.5) is 5.69 Å². The van der Waals surface area contributed by atoms with Crippen molar-refractivity contribution >= 4 is 27.9 Å². The van der Waals surface area contributed by atoms with Crippen molar-refractivity contribution in [2.45, 2.75) is 6.54 Å². The smallest absolute Gasteiger partial charge is 0.0703 e. The number of para-hydroxylation sites is 1. The SMILES string of the molecule is c1csc(CNc2cnc3ccccc3c2)c1. The molecule has 0 unspecified atom stereocenters. The Kier molecular flexibility index (Phi) is 2.76. The van der Waals surface area contributed by atoms with Gasteiger partial charge >= 0.3 is 0 Å². The maximum absolute atomic E-state index is 4.42. The van der Waals surface area contributed by atoms with Crippen molar-refractivity contribution in [3.63, 3.8) is 0 Å². The summed E-state index contributed by atoms with van der Waals surface area (Å²) in [5.74, 6) is 0. The molecule has 0 fully saturated rings. The minimum atomic E-state index is 0.859. The molecule has 0 amide bonds. The van der Waals surface area contributed by atoms with E-state index in [1.54, 1.807) is 11.3 Å². The maximum atomic E-state index is 4.42. The number of thiophene rings is 1. The van der Waals surface area contributed by atoms with Crippen LogP contribution in [0.3, 0.4) is 0 Å². The topological polar surface area (TPSA) is 24.9 Å². The van der Waals surface area contributed by atoms with Gasteiger partial charge in [0.1, 0.15) is 0 Å². The van der Waals surface area contributed by atoms with Gasteiger partial charge in [0.15, 0.2) is 0 Å². The van der Waals surface area contributed by atoms with Crippen molar-refractivity contribution in [1.29, 1.82) is 0 Å². The molecule has 0 saturated heterocycles. The van der Waals surface area contributed by atoms with Crippen molar-refractivity contribution in [2.24, 2.45) is 0 Å². The van der Waals surface area contributed by atoms with Crippen molar-refractivity contribution in [3.05, 3.63) is 58.9 Å². The number of hydrogen-bond donors (Lipinski definition) is 1. The lowest BCUT2D eigenvalue weighted by Gasteiger charge is -2.05. The Morgan fingerprint density at radius 2 is 2.06 bits per heavy atom. The summed E-state index contributed by atoms with van der Waals surface area (Å²) in [7, 11) is 0. The first kappa shape index (κ1) is 10.3. The van der Waals surface area contributed by atoms with Gasteiger partial charge in [0.05, 0.1) is 17.4 Å². The molecule has 2 aromatic heterocycles. The van der Waals surface area contributed by atoms with Crippen molar-refractivity contribution in [1.82, 2.24) is 4.98 Å². The zero-order valence-corrected chi connectivity index (χ0v) is 10.1. The van der Waals surface area contributed by atoms with E-state index in [-0.39, 0.29) is 0 Å². The van der Waals surface area contributed by atoms with Gasteiger partial charge in [-0.2, -0.15) is 0 Å². The lowest BCUT2D eigenvalue weighted by atomic mass is 10.2. The van der Waals surface area contributed by atoms with Gasteiger partial charge in [-0.05, 0) is 23.6 Å². The van der Waals surface area contributed by atoms with Gasteiger partial charge in [0.25, 0.3) is 0 Å². The van der Waals surface area contributed by atoms with Crippen LogP contribution in [0.25, 0.3) is 10.9 Å². The van der Waals surface area contributed by atoms with Crippen LogP contribution in [0.1, 0.15) is 4.88 Å². The minimum Gasteiger partial charge on any atom is -0.379 e. The molecular formula is C14H12N2S. The summed E-state index contributed by atoms with van der Waals surface area (Å²) in [6.45, 7) is 0.859. The zero-order valence-electron chi connectivity index (χ0n) is 9.26. The standard InChI is InChI=1S/C14H12N2S/c1-2-6-14-11(4-1)8-12(9-16-14)15-10-13-5-3-7-17-13/h1-9,15H,10H2. The summed E-state index contributed by atoms with van der Waals surface area (Å²) in [6.07, 6.45) is 1.88. The van der Waals surface area contributed by atoms with Crippen LogP contribution in [0.2, 0.25) is 0 Å². The summed E-state index contributed by atoms with van der Waals surface area (Å²) in [6, 6.07) is 14.5. The molecular weight excluding hydrogens is 228 g/mol. The zero-order chi connectivity index (χ0) is 11.5. The van der Waals surface area contributed by atoms with Gasteiger partial charge in [0.2, 0.25) is 0 Å². The van der Waals surface area contributed by atoms with Crippen molar-refractivity contribution in [3.8, 4) is 0 Å². The number of hydrogen-bond acceptors (Lipinski definition) is 3. The summed E-state index contributed by atoms with van der Waals surface area (Å²) in [5.41, 5.74) is 2.10. The second kappa shape index (κ2) is 4.55. The van der Waals surface area contributed by atoms with E-state index in [2.05, 4.69) is 39.9 Å². The van der Waals surface area contributed by atoms with Crippen LogP contribution < -0.4 is 5.32 Å². The Hall–Kier alpha value is -1.87. The molecule has 17 heavy (non-hydrogen) atoms. The number of nitrogens with zero attached hydrogens (tertiary/aromatic N) is 1. The predicted octanol–water partition coefficient (Wildman–Crippen LogP) is 3.91. The molecule has 0 radical (unpaired) electrons. The first-order chi connectivity index (χ1) is 8.42. The lowest BCUT2D eigenvalue weighted by molar-refractivity contribution is 1.18. The fourth-order valence-electron chi connectivity index (χ4n) is 1.77. The van der Waals surface area contributed by atoms with Gasteiger partial charge in [0, 0.05) is 16.8 Å². The largest absolute Gasteiger partial charge is 0.379 e. The molecule has 3 aromatic rings. The predicted molar refractivity (Wildman–Crippen MR) is 73.4 cm³/mol. The molecule has 3 heteroatoms. The van der Waals surface area contributed by atoms with Gasteiger partial charge < -0.3 is 5.32 Å². The number of pyridine rings is 1. The number of fused-ring (bicyclic) bond motifs is 1. The molecule has 1 aromatic carbocycles. The van der Waals surface area contributed by atoms with Gasteiger partial charge in [-0.3, -0.25) is 4.98 Å². The third-order valence-corrected chi connectivity index (χ3v) is 3.51. The normalized spacial score (nSPS) is 10.6. The van der Waals surface area contributed by atoms with Gasteiger partial charge in [-0.1, -0.05) is 24.3 Å². The Balaban J connectivity index is 1.81. The van der Waals surface area contributed by atoms with Crippen molar-refractivity contribution in [2.75, 3.05) is 5.32 Å². The molecule has 0 saturated carbocycles. The lowest BCUT2D eigenvalue weighted by Crippen LogP contribution is -1.97. The van der Waals surface area contributed by atoms with Crippen LogP contribution >= 0.6 is 11.3 Å². The van der Waals surface area contributed by atoms with Gasteiger partial charge in [-0.25, -0.2) is 0 Å². The molecule has 0 bridgehead atoms. The average Bonchev–Trinajstić information content (AvgIpc) is 2.89. The molecule has 84 valence electrons. The number of anilines is 1. The molecule has 0 aliphatic heterocycles. The summed E-state index contributed by atoms with van der Waals surface area (Å²) in [5, 5.41) is 6.65. The van der Waals surface area contributed by atoms with E-state index in [9.17, 15) is 0 Å². The van der Waals surface area contributed by atoms with E-state index in [0.717, 1.165) is 17.7 Å². The fourth-order valence-corrected chi connectivity index (χ4v) is 2.41. The number of rotatable bonds is 3. The third-order valence-electron chi connectivity index (χ3n) is 2.64. The minimum absolute atomic E-state index is 0.859. The Labute approximate surface area is 104 Å². The van der Waals surface area contributed by atoms with E-state index < -0.39 is 0 Å².